The topological polar surface area (TPSA) is 79.5 Å². The van der Waals surface area contributed by atoms with Crippen molar-refractivity contribution in [2.24, 2.45) is 0 Å². The molecule has 3 amide bonds. The first-order valence-electron chi connectivity index (χ1n) is 8.05. The van der Waals surface area contributed by atoms with E-state index in [1.807, 2.05) is 0 Å². The Morgan fingerprint density at radius 1 is 1.04 bits per heavy atom. The quantitative estimate of drug-likeness (QED) is 0.492. The lowest BCUT2D eigenvalue weighted by atomic mass is 10.2. The number of ether oxygens (including phenoxy) is 1. The number of carbonyl (C=O) groups excluding carboxylic acids is 2. The van der Waals surface area contributed by atoms with E-state index in [0.717, 1.165) is 12.8 Å². The van der Waals surface area contributed by atoms with E-state index in [9.17, 15) is 9.59 Å². The van der Waals surface area contributed by atoms with Crippen LogP contribution in [0.5, 0.6) is 5.75 Å². The highest BCUT2D eigenvalue weighted by Crippen LogP contribution is 2.25. The van der Waals surface area contributed by atoms with Crippen LogP contribution in [0.15, 0.2) is 42.5 Å². The smallest absolute Gasteiger partial charge is 0.337 e. The van der Waals surface area contributed by atoms with E-state index in [2.05, 4.69) is 23.1 Å². The first-order valence-corrected chi connectivity index (χ1v) is 8.80. The molecule has 0 bridgehead atoms. The zero-order valence-corrected chi connectivity index (χ0v) is 15.7. The minimum absolute atomic E-state index is 0.289. The van der Waals surface area contributed by atoms with Gasteiger partial charge < -0.3 is 10.1 Å². The molecule has 3 N–H and O–H groups in total. The van der Waals surface area contributed by atoms with Crippen molar-refractivity contribution in [2.45, 2.75) is 19.8 Å². The van der Waals surface area contributed by atoms with Crippen LogP contribution in [0.1, 0.15) is 30.1 Å². The van der Waals surface area contributed by atoms with Crippen molar-refractivity contribution in [2.75, 3.05) is 11.9 Å². The Kier molecular flexibility index (Phi) is 7.56. The van der Waals surface area contributed by atoms with Gasteiger partial charge in [-0.25, -0.2) is 10.2 Å². The van der Waals surface area contributed by atoms with E-state index in [4.69, 9.17) is 27.9 Å². The molecule has 2 aromatic carbocycles. The molecule has 6 nitrogen and oxygen atoms in total. The number of anilines is 1. The number of urea groups is 1. The van der Waals surface area contributed by atoms with E-state index < -0.39 is 11.9 Å². The summed E-state index contributed by atoms with van der Waals surface area (Å²) in [5, 5.41) is 3.25. The SMILES string of the molecule is CCCCOc1ccc(C(=O)NNC(=O)Nc2ccc(Cl)cc2Cl)cc1. The van der Waals surface area contributed by atoms with E-state index in [0.29, 0.717) is 28.6 Å². The minimum Gasteiger partial charge on any atom is -0.494 e. The fourth-order valence-corrected chi connectivity index (χ4v) is 2.42. The summed E-state index contributed by atoms with van der Waals surface area (Å²) in [6.07, 6.45) is 2.02. The summed E-state index contributed by atoms with van der Waals surface area (Å²) in [6, 6.07) is 10.7. The summed E-state index contributed by atoms with van der Waals surface area (Å²) in [6.45, 7) is 2.72. The molecule has 8 heteroatoms. The van der Waals surface area contributed by atoms with Gasteiger partial charge in [0.15, 0.2) is 0 Å². The third kappa shape index (κ3) is 6.13. The van der Waals surface area contributed by atoms with Gasteiger partial charge in [-0.05, 0) is 48.9 Å². The number of unbranched alkanes of at least 4 members (excludes halogenated alkanes) is 1. The summed E-state index contributed by atoms with van der Waals surface area (Å²) in [5.41, 5.74) is 5.32. The van der Waals surface area contributed by atoms with E-state index in [-0.39, 0.29) is 5.02 Å². The van der Waals surface area contributed by atoms with E-state index >= 15 is 0 Å². The van der Waals surface area contributed by atoms with Crippen molar-refractivity contribution in [1.29, 1.82) is 0 Å². The molecule has 0 radical (unpaired) electrons. The molecule has 2 aromatic rings. The van der Waals surface area contributed by atoms with Crippen molar-refractivity contribution in [1.82, 2.24) is 10.9 Å². The summed E-state index contributed by atoms with van der Waals surface area (Å²) < 4.78 is 5.53. The highest BCUT2D eigenvalue weighted by atomic mass is 35.5. The molecule has 0 aliphatic heterocycles. The van der Waals surface area contributed by atoms with Gasteiger partial charge in [-0.15, -0.1) is 0 Å². The molecule has 0 aliphatic rings. The number of amides is 3. The monoisotopic (exact) mass is 395 g/mol. The lowest BCUT2D eigenvalue weighted by Crippen LogP contribution is -2.43. The second-order valence-electron chi connectivity index (χ2n) is 5.38. The molecule has 0 atom stereocenters. The Bertz CT molecular complexity index is 767. The van der Waals surface area contributed by atoms with Crippen LogP contribution in [0.3, 0.4) is 0 Å². The number of carbonyl (C=O) groups is 2. The number of hydrogen-bond donors (Lipinski definition) is 3. The zero-order valence-electron chi connectivity index (χ0n) is 14.1. The maximum absolute atomic E-state index is 12.0. The maximum Gasteiger partial charge on any atom is 0.337 e. The van der Waals surface area contributed by atoms with Gasteiger partial charge in [0.25, 0.3) is 5.91 Å². The molecular weight excluding hydrogens is 377 g/mol. The van der Waals surface area contributed by atoms with Crippen LogP contribution in [0.2, 0.25) is 10.0 Å². The van der Waals surface area contributed by atoms with Crippen molar-refractivity contribution >= 4 is 40.8 Å². The summed E-state index contributed by atoms with van der Waals surface area (Å²) in [5.74, 6) is 0.237. The summed E-state index contributed by atoms with van der Waals surface area (Å²) >= 11 is 11.8. The van der Waals surface area contributed by atoms with Gasteiger partial charge in [0.05, 0.1) is 17.3 Å². The molecular formula is C18H19Cl2N3O3. The standard InChI is InChI=1S/C18H19Cl2N3O3/c1-2-3-10-26-14-7-4-12(5-8-14)17(24)22-23-18(25)21-16-9-6-13(19)11-15(16)20/h4-9,11H,2-3,10H2,1H3,(H,22,24)(H2,21,23,25). The number of halogens is 2. The van der Waals surface area contributed by atoms with Crippen LogP contribution in [0.25, 0.3) is 0 Å². The lowest BCUT2D eigenvalue weighted by Gasteiger charge is -2.11. The fraction of sp³-hybridized carbons (Fsp3) is 0.222. The van der Waals surface area contributed by atoms with Crippen LogP contribution in [0.4, 0.5) is 10.5 Å². The third-order valence-electron chi connectivity index (χ3n) is 3.35. The molecule has 0 fully saturated rings. The predicted octanol–water partition coefficient (Wildman–Crippen LogP) is 4.64. The Hall–Kier alpha value is -2.44. The fourth-order valence-electron chi connectivity index (χ4n) is 1.97. The van der Waals surface area contributed by atoms with Crippen molar-refractivity contribution in [3.8, 4) is 5.75 Å². The molecule has 26 heavy (non-hydrogen) atoms. The lowest BCUT2D eigenvalue weighted by molar-refractivity contribution is 0.0938. The van der Waals surface area contributed by atoms with Crippen molar-refractivity contribution in [3.05, 3.63) is 58.1 Å². The molecule has 0 aromatic heterocycles. The van der Waals surface area contributed by atoms with Crippen LogP contribution < -0.4 is 20.9 Å². The molecule has 0 saturated heterocycles. The second kappa shape index (κ2) is 9.89. The van der Waals surface area contributed by atoms with Gasteiger partial charge in [0.2, 0.25) is 0 Å². The maximum atomic E-state index is 12.0. The molecule has 0 heterocycles. The highest BCUT2D eigenvalue weighted by Gasteiger charge is 2.09. The highest BCUT2D eigenvalue weighted by molar-refractivity contribution is 6.36. The second-order valence-corrected chi connectivity index (χ2v) is 6.23. The zero-order chi connectivity index (χ0) is 18.9. The normalized spacial score (nSPS) is 10.1. The average molecular weight is 396 g/mol. The Morgan fingerprint density at radius 2 is 1.77 bits per heavy atom. The van der Waals surface area contributed by atoms with Crippen LogP contribution in [0, 0.1) is 0 Å². The van der Waals surface area contributed by atoms with Gasteiger partial charge >= 0.3 is 6.03 Å². The molecule has 0 aliphatic carbocycles. The van der Waals surface area contributed by atoms with E-state index in [1.54, 1.807) is 36.4 Å². The first-order chi connectivity index (χ1) is 12.5. The van der Waals surface area contributed by atoms with Gasteiger partial charge in [0.1, 0.15) is 5.75 Å². The van der Waals surface area contributed by atoms with Gasteiger partial charge in [0, 0.05) is 10.6 Å². The van der Waals surface area contributed by atoms with E-state index in [1.165, 1.54) is 6.07 Å². The van der Waals surface area contributed by atoms with Crippen molar-refractivity contribution in [3.63, 3.8) is 0 Å². The van der Waals surface area contributed by atoms with Crippen molar-refractivity contribution < 1.29 is 14.3 Å². The largest absolute Gasteiger partial charge is 0.494 e. The number of rotatable bonds is 6. The molecule has 0 saturated carbocycles. The van der Waals surface area contributed by atoms with Crippen LogP contribution in [-0.2, 0) is 0 Å². The molecule has 2 rings (SSSR count). The molecule has 0 unspecified atom stereocenters. The number of benzene rings is 2. The van der Waals surface area contributed by atoms with Gasteiger partial charge in [-0.2, -0.15) is 0 Å². The molecule has 0 spiro atoms. The molecule has 138 valence electrons. The Balaban J connectivity index is 1.82. The summed E-state index contributed by atoms with van der Waals surface area (Å²) in [7, 11) is 0. The predicted molar refractivity (Wildman–Crippen MR) is 103 cm³/mol. The summed E-state index contributed by atoms with van der Waals surface area (Å²) in [4.78, 5) is 23.9. The van der Waals surface area contributed by atoms with Crippen LogP contribution >= 0.6 is 23.2 Å². The number of hydrogen-bond acceptors (Lipinski definition) is 3. The number of nitrogens with one attached hydrogen (secondary N) is 3. The Morgan fingerprint density at radius 3 is 2.42 bits per heavy atom. The first kappa shape index (κ1) is 19.9. The minimum atomic E-state index is -0.637. The third-order valence-corrected chi connectivity index (χ3v) is 3.90. The number of hydrazine groups is 1. The Labute approximate surface area is 161 Å². The van der Waals surface area contributed by atoms with Crippen LogP contribution in [-0.4, -0.2) is 18.5 Å². The van der Waals surface area contributed by atoms with Gasteiger partial charge in [-0.1, -0.05) is 36.5 Å². The van der Waals surface area contributed by atoms with Gasteiger partial charge in [-0.3, -0.25) is 10.2 Å². The average Bonchev–Trinajstić information content (AvgIpc) is 2.63.